The molecule has 18 heavy (non-hydrogen) atoms. The lowest BCUT2D eigenvalue weighted by Gasteiger charge is -2.07. The molecule has 0 bridgehead atoms. The number of thiophene rings is 1. The topological polar surface area (TPSA) is 26.0 Å². The summed E-state index contributed by atoms with van der Waals surface area (Å²) in [5.41, 5.74) is 8.61. The lowest BCUT2D eigenvalue weighted by Crippen LogP contribution is -2.07. The smallest absolute Gasteiger partial charge is 0.0412 e. The molecule has 2 rings (SSSR count). The average Bonchev–Trinajstić information content (AvgIpc) is 2.82. The van der Waals surface area contributed by atoms with E-state index in [9.17, 15) is 0 Å². The Morgan fingerprint density at radius 1 is 1.28 bits per heavy atom. The maximum atomic E-state index is 6.15. The fourth-order valence-corrected chi connectivity index (χ4v) is 3.31. The number of halogens is 1. The third-order valence-corrected chi connectivity index (χ3v) is 4.54. The summed E-state index contributed by atoms with van der Waals surface area (Å²) in [5, 5.41) is 0.781. The van der Waals surface area contributed by atoms with Gasteiger partial charge in [-0.05, 0) is 48.7 Å². The summed E-state index contributed by atoms with van der Waals surface area (Å²) in [6, 6.07) is 10.5. The summed E-state index contributed by atoms with van der Waals surface area (Å²) in [6.45, 7) is 4.27. The van der Waals surface area contributed by atoms with Crippen LogP contribution >= 0.6 is 22.9 Å². The minimum atomic E-state index is 0.160. The van der Waals surface area contributed by atoms with Crippen molar-refractivity contribution in [2.24, 2.45) is 5.73 Å². The van der Waals surface area contributed by atoms with Crippen LogP contribution in [0, 0.1) is 6.92 Å². The molecule has 0 saturated heterocycles. The lowest BCUT2D eigenvalue weighted by molar-refractivity contribution is 0.648. The van der Waals surface area contributed by atoms with Gasteiger partial charge in [0.1, 0.15) is 0 Å². The van der Waals surface area contributed by atoms with Crippen LogP contribution in [0.2, 0.25) is 5.02 Å². The molecule has 1 aromatic heterocycles. The molecule has 1 unspecified atom stereocenters. The number of hydrogen-bond acceptors (Lipinski definition) is 2. The molecule has 0 saturated carbocycles. The Hall–Kier alpha value is -0.830. The summed E-state index contributed by atoms with van der Waals surface area (Å²) in [7, 11) is 0. The first kappa shape index (κ1) is 13.6. The van der Waals surface area contributed by atoms with E-state index in [1.807, 2.05) is 12.1 Å². The molecule has 1 atom stereocenters. The summed E-state index contributed by atoms with van der Waals surface area (Å²) >= 11 is 7.84. The van der Waals surface area contributed by atoms with Crippen molar-refractivity contribution in [2.75, 3.05) is 0 Å². The minimum Gasteiger partial charge on any atom is -0.323 e. The zero-order valence-corrected chi connectivity index (χ0v) is 12.3. The molecule has 3 heteroatoms. The maximum Gasteiger partial charge on any atom is 0.0412 e. The van der Waals surface area contributed by atoms with Gasteiger partial charge in [0.25, 0.3) is 0 Å². The number of hydrogen-bond donors (Lipinski definition) is 1. The van der Waals surface area contributed by atoms with Crippen molar-refractivity contribution in [1.29, 1.82) is 0 Å². The molecule has 0 amide bonds. The molecular formula is C15H18ClNS. The molecule has 0 fully saturated rings. The number of rotatable bonds is 4. The molecule has 0 radical (unpaired) electrons. The van der Waals surface area contributed by atoms with Gasteiger partial charge in [0.05, 0.1) is 0 Å². The number of aryl methyl sites for hydroxylation is 1. The van der Waals surface area contributed by atoms with Crippen LogP contribution in [0.1, 0.15) is 36.2 Å². The Morgan fingerprint density at radius 2 is 2.06 bits per heavy atom. The first-order chi connectivity index (χ1) is 8.61. The largest absolute Gasteiger partial charge is 0.323 e. The van der Waals surface area contributed by atoms with Gasteiger partial charge in [-0.2, -0.15) is 0 Å². The molecule has 0 spiro atoms. The number of nitrogens with two attached hydrogens (primary N) is 1. The Kier molecular flexibility index (Phi) is 4.44. The molecule has 2 aromatic rings. The Morgan fingerprint density at radius 3 is 2.78 bits per heavy atom. The van der Waals surface area contributed by atoms with Crippen molar-refractivity contribution in [1.82, 2.24) is 0 Å². The van der Waals surface area contributed by atoms with Crippen molar-refractivity contribution >= 4 is 22.9 Å². The van der Waals surface area contributed by atoms with E-state index in [1.165, 1.54) is 20.9 Å². The van der Waals surface area contributed by atoms with Gasteiger partial charge >= 0.3 is 0 Å². The normalized spacial score (nSPS) is 12.7. The SMILES string of the molecule is CCCC(N)c1ccc(-c2cc(Cl)ccc2C)s1. The Bertz CT molecular complexity index is 533. The third kappa shape index (κ3) is 2.94. The van der Waals surface area contributed by atoms with Crippen molar-refractivity contribution in [2.45, 2.75) is 32.7 Å². The van der Waals surface area contributed by atoms with Crippen LogP contribution in [0.15, 0.2) is 30.3 Å². The van der Waals surface area contributed by atoms with E-state index in [-0.39, 0.29) is 6.04 Å². The predicted octanol–water partition coefficient (Wildman–Crippen LogP) is 5.18. The van der Waals surface area contributed by atoms with Gasteiger partial charge in [0, 0.05) is 20.8 Å². The summed E-state index contributed by atoms with van der Waals surface area (Å²) in [5.74, 6) is 0. The van der Waals surface area contributed by atoms with E-state index in [2.05, 4.69) is 32.0 Å². The van der Waals surface area contributed by atoms with Crippen LogP contribution in [0.3, 0.4) is 0 Å². The van der Waals surface area contributed by atoms with E-state index >= 15 is 0 Å². The third-order valence-electron chi connectivity index (χ3n) is 3.06. The highest BCUT2D eigenvalue weighted by molar-refractivity contribution is 7.15. The fraction of sp³-hybridized carbons (Fsp3) is 0.333. The van der Waals surface area contributed by atoms with Gasteiger partial charge in [-0.15, -0.1) is 11.3 Å². The summed E-state index contributed by atoms with van der Waals surface area (Å²) < 4.78 is 0. The van der Waals surface area contributed by atoms with Crippen LogP contribution in [-0.4, -0.2) is 0 Å². The van der Waals surface area contributed by atoms with Crippen molar-refractivity contribution in [3.05, 3.63) is 45.8 Å². The molecule has 0 aliphatic rings. The molecule has 0 aliphatic carbocycles. The van der Waals surface area contributed by atoms with Gasteiger partial charge in [-0.25, -0.2) is 0 Å². The van der Waals surface area contributed by atoms with E-state index < -0.39 is 0 Å². The standard InChI is InChI=1S/C15H18ClNS/c1-3-4-13(17)15-8-7-14(18-15)12-9-11(16)6-5-10(12)2/h5-9,13H,3-4,17H2,1-2H3. The number of benzene rings is 1. The van der Waals surface area contributed by atoms with Crippen LogP contribution in [0.25, 0.3) is 10.4 Å². The Balaban J connectivity index is 2.32. The molecule has 1 aromatic carbocycles. The summed E-state index contributed by atoms with van der Waals surface area (Å²) in [4.78, 5) is 2.50. The second-order valence-electron chi connectivity index (χ2n) is 4.56. The van der Waals surface area contributed by atoms with Crippen LogP contribution < -0.4 is 5.73 Å². The molecule has 0 aliphatic heterocycles. The van der Waals surface area contributed by atoms with Gasteiger partial charge in [-0.3, -0.25) is 0 Å². The predicted molar refractivity (Wildman–Crippen MR) is 81.3 cm³/mol. The fourth-order valence-electron chi connectivity index (χ4n) is 2.01. The van der Waals surface area contributed by atoms with Crippen molar-refractivity contribution < 1.29 is 0 Å². The highest BCUT2D eigenvalue weighted by Crippen LogP contribution is 2.34. The highest BCUT2D eigenvalue weighted by atomic mass is 35.5. The lowest BCUT2D eigenvalue weighted by atomic mass is 10.1. The maximum absolute atomic E-state index is 6.15. The zero-order chi connectivity index (χ0) is 13.1. The van der Waals surface area contributed by atoms with E-state index in [4.69, 9.17) is 17.3 Å². The first-order valence-electron chi connectivity index (χ1n) is 6.23. The van der Waals surface area contributed by atoms with Crippen molar-refractivity contribution in [3.8, 4) is 10.4 Å². The second-order valence-corrected chi connectivity index (χ2v) is 6.11. The second kappa shape index (κ2) is 5.87. The van der Waals surface area contributed by atoms with E-state index in [0.29, 0.717) is 0 Å². The van der Waals surface area contributed by atoms with Gasteiger partial charge in [0.2, 0.25) is 0 Å². The van der Waals surface area contributed by atoms with E-state index in [0.717, 1.165) is 17.9 Å². The van der Waals surface area contributed by atoms with Gasteiger partial charge in [-0.1, -0.05) is 31.0 Å². The van der Waals surface area contributed by atoms with Gasteiger partial charge in [0.15, 0.2) is 0 Å². The molecule has 1 heterocycles. The zero-order valence-electron chi connectivity index (χ0n) is 10.7. The van der Waals surface area contributed by atoms with Gasteiger partial charge < -0.3 is 5.73 Å². The monoisotopic (exact) mass is 279 g/mol. The molecular weight excluding hydrogens is 262 g/mol. The molecule has 1 nitrogen and oxygen atoms in total. The molecule has 2 N–H and O–H groups in total. The van der Waals surface area contributed by atoms with Crippen LogP contribution in [-0.2, 0) is 0 Å². The average molecular weight is 280 g/mol. The summed E-state index contributed by atoms with van der Waals surface area (Å²) in [6.07, 6.45) is 2.15. The molecule has 96 valence electrons. The van der Waals surface area contributed by atoms with E-state index in [1.54, 1.807) is 11.3 Å². The quantitative estimate of drug-likeness (QED) is 0.820. The Labute approximate surface area is 118 Å². The first-order valence-corrected chi connectivity index (χ1v) is 7.43. The highest BCUT2D eigenvalue weighted by Gasteiger charge is 2.11. The van der Waals surface area contributed by atoms with Crippen LogP contribution in [0.4, 0.5) is 0 Å². The minimum absolute atomic E-state index is 0.160. The van der Waals surface area contributed by atoms with Crippen LogP contribution in [0.5, 0.6) is 0 Å². The van der Waals surface area contributed by atoms with Crippen molar-refractivity contribution in [3.63, 3.8) is 0 Å².